The predicted octanol–water partition coefficient (Wildman–Crippen LogP) is 3.55. The molecular formula is C9H8Br2F3NO. The van der Waals surface area contributed by atoms with Crippen molar-refractivity contribution in [1.82, 2.24) is 0 Å². The van der Waals surface area contributed by atoms with E-state index < -0.39 is 18.8 Å². The molecule has 0 saturated carbocycles. The third-order valence-electron chi connectivity index (χ3n) is 1.81. The number of alkyl halides is 3. The van der Waals surface area contributed by atoms with Crippen molar-refractivity contribution < 1.29 is 18.3 Å². The molecule has 1 unspecified atom stereocenters. The van der Waals surface area contributed by atoms with E-state index in [1.807, 2.05) is 0 Å². The Balaban J connectivity index is 2.69. The number of aliphatic hydroxyl groups excluding tert-OH is 1. The van der Waals surface area contributed by atoms with Gasteiger partial charge in [-0.15, -0.1) is 0 Å². The van der Waals surface area contributed by atoms with Crippen LogP contribution in [0.5, 0.6) is 0 Å². The summed E-state index contributed by atoms with van der Waals surface area (Å²) in [6, 6.07) is 5.11. The Hall–Kier alpha value is -0.270. The van der Waals surface area contributed by atoms with Crippen LogP contribution in [-0.4, -0.2) is 23.9 Å². The van der Waals surface area contributed by atoms with Gasteiger partial charge in [-0.25, -0.2) is 0 Å². The Morgan fingerprint density at radius 1 is 1.25 bits per heavy atom. The number of hydrogen-bond donors (Lipinski definition) is 2. The van der Waals surface area contributed by atoms with E-state index in [0.717, 1.165) is 0 Å². The third kappa shape index (κ3) is 3.64. The van der Waals surface area contributed by atoms with Crippen LogP contribution in [0.3, 0.4) is 0 Å². The van der Waals surface area contributed by atoms with Crippen molar-refractivity contribution >= 4 is 37.5 Å². The predicted molar refractivity (Wildman–Crippen MR) is 62.4 cm³/mol. The number of para-hydroxylation sites is 1. The summed E-state index contributed by atoms with van der Waals surface area (Å²) in [6.07, 6.45) is -6.99. The lowest BCUT2D eigenvalue weighted by molar-refractivity contribution is -0.198. The quantitative estimate of drug-likeness (QED) is 0.861. The van der Waals surface area contributed by atoms with Crippen LogP contribution in [0.1, 0.15) is 0 Å². The van der Waals surface area contributed by atoms with Gasteiger partial charge in [-0.1, -0.05) is 6.07 Å². The first kappa shape index (κ1) is 13.8. The van der Waals surface area contributed by atoms with Gasteiger partial charge in [0.15, 0.2) is 6.10 Å². The first-order valence-electron chi connectivity index (χ1n) is 4.25. The fraction of sp³-hybridized carbons (Fsp3) is 0.333. The minimum absolute atomic E-state index is 0.478. The zero-order chi connectivity index (χ0) is 12.3. The van der Waals surface area contributed by atoms with Crippen molar-refractivity contribution in [2.75, 3.05) is 11.9 Å². The van der Waals surface area contributed by atoms with Gasteiger partial charge >= 0.3 is 6.18 Å². The molecule has 2 N–H and O–H groups in total. The van der Waals surface area contributed by atoms with E-state index in [-0.39, 0.29) is 0 Å². The van der Waals surface area contributed by atoms with Gasteiger partial charge in [0.05, 0.1) is 5.69 Å². The summed E-state index contributed by atoms with van der Waals surface area (Å²) in [5, 5.41) is 11.3. The molecule has 0 amide bonds. The highest BCUT2D eigenvalue weighted by molar-refractivity contribution is 9.11. The van der Waals surface area contributed by atoms with Crippen LogP contribution in [0, 0.1) is 0 Å². The van der Waals surface area contributed by atoms with Crippen LogP contribution < -0.4 is 5.32 Å². The number of anilines is 1. The number of aliphatic hydroxyl groups is 1. The Bertz CT molecular complexity index is 350. The van der Waals surface area contributed by atoms with E-state index >= 15 is 0 Å². The van der Waals surface area contributed by atoms with Gasteiger partial charge in [0.25, 0.3) is 0 Å². The van der Waals surface area contributed by atoms with E-state index in [1.165, 1.54) is 0 Å². The Morgan fingerprint density at radius 3 is 2.19 bits per heavy atom. The average molecular weight is 363 g/mol. The fourth-order valence-corrected chi connectivity index (χ4v) is 2.26. The summed E-state index contributed by atoms with van der Waals surface area (Å²) in [4.78, 5) is 0. The number of nitrogens with one attached hydrogen (secondary N) is 1. The van der Waals surface area contributed by atoms with Crippen molar-refractivity contribution in [2.45, 2.75) is 12.3 Å². The van der Waals surface area contributed by atoms with E-state index in [4.69, 9.17) is 5.11 Å². The fourth-order valence-electron chi connectivity index (χ4n) is 0.981. The molecule has 1 aromatic carbocycles. The van der Waals surface area contributed by atoms with Crippen LogP contribution in [0.25, 0.3) is 0 Å². The molecular weight excluding hydrogens is 355 g/mol. The highest BCUT2D eigenvalue weighted by atomic mass is 79.9. The van der Waals surface area contributed by atoms with Crippen LogP contribution in [-0.2, 0) is 0 Å². The van der Waals surface area contributed by atoms with E-state index in [9.17, 15) is 13.2 Å². The summed E-state index contributed by atoms with van der Waals surface area (Å²) < 4.78 is 37.4. The number of halogens is 5. The molecule has 0 aromatic heterocycles. The smallest absolute Gasteiger partial charge is 0.382 e. The topological polar surface area (TPSA) is 32.3 Å². The SMILES string of the molecule is OC(CNc1c(Br)cccc1Br)C(F)(F)F. The van der Waals surface area contributed by atoms with Gasteiger partial charge in [-0.05, 0) is 44.0 Å². The Kier molecular flexibility index (Phi) is 4.63. The van der Waals surface area contributed by atoms with Gasteiger partial charge in [0.1, 0.15) is 0 Å². The van der Waals surface area contributed by atoms with Crippen molar-refractivity contribution in [3.63, 3.8) is 0 Å². The molecule has 7 heteroatoms. The zero-order valence-electron chi connectivity index (χ0n) is 7.85. The minimum Gasteiger partial charge on any atom is -0.382 e. The molecule has 0 fully saturated rings. The summed E-state index contributed by atoms with van der Waals surface area (Å²) >= 11 is 6.38. The molecule has 0 radical (unpaired) electrons. The summed E-state index contributed by atoms with van der Waals surface area (Å²) in [5.74, 6) is 0. The van der Waals surface area contributed by atoms with Crippen LogP contribution in [0.4, 0.5) is 18.9 Å². The van der Waals surface area contributed by atoms with Crippen LogP contribution in [0.15, 0.2) is 27.1 Å². The van der Waals surface area contributed by atoms with Gasteiger partial charge in [0, 0.05) is 15.5 Å². The van der Waals surface area contributed by atoms with Crippen molar-refractivity contribution in [3.8, 4) is 0 Å². The minimum atomic E-state index is -4.61. The first-order chi connectivity index (χ1) is 7.32. The summed E-state index contributed by atoms with van der Waals surface area (Å²) in [6.45, 7) is -0.593. The molecule has 0 aliphatic heterocycles. The molecule has 1 aromatic rings. The van der Waals surface area contributed by atoms with E-state index in [0.29, 0.717) is 14.6 Å². The van der Waals surface area contributed by atoms with Gasteiger partial charge in [-0.2, -0.15) is 13.2 Å². The first-order valence-corrected chi connectivity index (χ1v) is 5.83. The van der Waals surface area contributed by atoms with Gasteiger partial charge < -0.3 is 10.4 Å². The van der Waals surface area contributed by atoms with Crippen molar-refractivity contribution in [3.05, 3.63) is 27.1 Å². The molecule has 90 valence electrons. The zero-order valence-corrected chi connectivity index (χ0v) is 11.0. The average Bonchev–Trinajstić information content (AvgIpc) is 2.15. The number of hydrogen-bond acceptors (Lipinski definition) is 2. The van der Waals surface area contributed by atoms with Crippen LogP contribution in [0.2, 0.25) is 0 Å². The molecule has 0 aliphatic carbocycles. The molecule has 0 aliphatic rings. The second kappa shape index (κ2) is 5.37. The van der Waals surface area contributed by atoms with Crippen molar-refractivity contribution in [1.29, 1.82) is 0 Å². The van der Waals surface area contributed by atoms with Crippen LogP contribution >= 0.6 is 31.9 Å². The summed E-state index contributed by atoms with van der Waals surface area (Å²) in [7, 11) is 0. The second-order valence-corrected chi connectivity index (χ2v) is 4.74. The number of benzene rings is 1. The standard InChI is InChI=1S/C9H8Br2F3NO/c10-5-2-1-3-6(11)8(5)15-4-7(16)9(12,13)14/h1-3,7,15-16H,4H2. The maximum atomic E-state index is 12.0. The Labute approximate surface area is 107 Å². The molecule has 16 heavy (non-hydrogen) atoms. The molecule has 0 spiro atoms. The lowest BCUT2D eigenvalue weighted by atomic mass is 10.3. The molecule has 0 heterocycles. The van der Waals surface area contributed by atoms with Gasteiger partial charge in [0.2, 0.25) is 0 Å². The maximum Gasteiger partial charge on any atom is 0.416 e. The molecule has 0 bridgehead atoms. The third-order valence-corrected chi connectivity index (χ3v) is 3.13. The number of rotatable bonds is 3. The lowest BCUT2D eigenvalue weighted by Crippen LogP contribution is -2.35. The van der Waals surface area contributed by atoms with Gasteiger partial charge in [-0.3, -0.25) is 0 Å². The molecule has 0 saturated heterocycles. The second-order valence-electron chi connectivity index (χ2n) is 3.03. The molecule has 1 rings (SSSR count). The normalized spacial score (nSPS) is 13.6. The summed E-state index contributed by atoms with van der Waals surface area (Å²) in [5.41, 5.74) is 0.478. The monoisotopic (exact) mass is 361 g/mol. The highest BCUT2D eigenvalue weighted by Gasteiger charge is 2.37. The molecule has 1 atom stereocenters. The maximum absolute atomic E-state index is 12.0. The highest BCUT2D eigenvalue weighted by Crippen LogP contribution is 2.31. The van der Waals surface area contributed by atoms with E-state index in [1.54, 1.807) is 18.2 Å². The largest absolute Gasteiger partial charge is 0.416 e. The van der Waals surface area contributed by atoms with E-state index in [2.05, 4.69) is 37.2 Å². The van der Waals surface area contributed by atoms with Crippen molar-refractivity contribution in [2.24, 2.45) is 0 Å². The molecule has 2 nitrogen and oxygen atoms in total. The lowest BCUT2D eigenvalue weighted by Gasteiger charge is -2.17. The Morgan fingerprint density at radius 2 is 1.75 bits per heavy atom.